The molecule has 1 aromatic carbocycles. The monoisotopic (exact) mass is 249 g/mol. The standard InChI is InChI=1S/C13H12ClNO2/c1-17-12-5-9(8-16)4-11(6-12)10-2-3-13(14)15-7-10/h2-7,16H,8H2,1H3. The summed E-state index contributed by atoms with van der Waals surface area (Å²) in [4.78, 5) is 4.03. The van der Waals surface area contributed by atoms with Gasteiger partial charge in [-0.15, -0.1) is 0 Å². The lowest BCUT2D eigenvalue weighted by Crippen LogP contribution is -1.90. The summed E-state index contributed by atoms with van der Waals surface area (Å²) < 4.78 is 5.18. The van der Waals surface area contributed by atoms with Gasteiger partial charge in [0.2, 0.25) is 0 Å². The van der Waals surface area contributed by atoms with Crippen LogP contribution in [0.3, 0.4) is 0 Å². The van der Waals surface area contributed by atoms with Crippen LogP contribution >= 0.6 is 11.6 Å². The van der Waals surface area contributed by atoms with E-state index in [1.54, 1.807) is 25.4 Å². The molecule has 1 aromatic heterocycles. The maximum absolute atomic E-state index is 9.18. The Hall–Kier alpha value is -1.58. The number of pyridine rings is 1. The van der Waals surface area contributed by atoms with Gasteiger partial charge >= 0.3 is 0 Å². The lowest BCUT2D eigenvalue weighted by Gasteiger charge is -2.07. The molecule has 3 nitrogen and oxygen atoms in total. The lowest BCUT2D eigenvalue weighted by atomic mass is 10.0. The number of rotatable bonds is 3. The summed E-state index contributed by atoms with van der Waals surface area (Å²) in [6.45, 7) is -0.0226. The highest BCUT2D eigenvalue weighted by atomic mass is 35.5. The summed E-state index contributed by atoms with van der Waals surface area (Å²) in [6.07, 6.45) is 1.69. The van der Waals surface area contributed by atoms with Gasteiger partial charge in [0.1, 0.15) is 10.9 Å². The number of ether oxygens (including phenoxy) is 1. The van der Waals surface area contributed by atoms with Gasteiger partial charge in [0.05, 0.1) is 13.7 Å². The van der Waals surface area contributed by atoms with Crippen molar-refractivity contribution in [1.82, 2.24) is 4.98 Å². The molecular formula is C13H12ClNO2. The minimum Gasteiger partial charge on any atom is -0.497 e. The van der Waals surface area contributed by atoms with E-state index >= 15 is 0 Å². The van der Waals surface area contributed by atoms with E-state index in [0.717, 1.165) is 16.7 Å². The largest absolute Gasteiger partial charge is 0.497 e. The Bertz CT molecular complexity index is 489. The third-order valence-electron chi connectivity index (χ3n) is 2.45. The minimum absolute atomic E-state index is 0.0226. The fourth-order valence-electron chi connectivity index (χ4n) is 1.58. The van der Waals surface area contributed by atoms with Crippen molar-refractivity contribution in [1.29, 1.82) is 0 Å². The number of aliphatic hydroxyl groups is 1. The SMILES string of the molecule is COc1cc(CO)cc(-c2ccc(Cl)nc2)c1. The molecule has 0 saturated carbocycles. The highest BCUT2D eigenvalue weighted by Crippen LogP contribution is 2.26. The molecule has 0 atom stereocenters. The zero-order valence-electron chi connectivity index (χ0n) is 9.35. The van der Waals surface area contributed by atoms with Crippen LogP contribution in [-0.4, -0.2) is 17.2 Å². The minimum atomic E-state index is -0.0226. The number of hydrogen-bond donors (Lipinski definition) is 1. The summed E-state index contributed by atoms with van der Waals surface area (Å²) in [5, 5.41) is 9.64. The second kappa shape index (κ2) is 5.17. The second-order valence-electron chi connectivity index (χ2n) is 3.60. The number of halogens is 1. The fraction of sp³-hybridized carbons (Fsp3) is 0.154. The molecule has 0 aliphatic carbocycles. The van der Waals surface area contributed by atoms with E-state index < -0.39 is 0 Å². The van der Waals surface area contributed by atoms with Crippen molar-refractivity contribution >= 4 is 11.6 Å². The first-order valence-electron chi connectivity index (χ1n) is 5.13. The van der Waals surface area contributed by atoms with Crippen molar-refractivity contribution in [3.8, 4) is 16.9 Å². The van der Waals surface area contributed by atoms with E-state index in [0.29, 0.717) is 10.9 Å². The first-order valence-corrected chi connectivity index (χ1v) is 5.51. The molecule has 0 aliphatic rings. The highest BCUT2D eigenvalue weighted by molar-refractivity contribution is 6.29. The fourth-order valence-corrected chi connectivity index (χ4v) is 1.69. The van der Waals surface area contributed by atoms with Gasteiger partial charge in [-0.2, -0.15) is 0 Å². The molecule has 0 saturated heterocycles. The molecule has 4 heteroatoms. The molecule has 2 aromatic rings. The molecular weight excluding hydrogens is 238 g/mol. The molecule has 1 heterocycles. The predicted molar refractivity (Wildman–Crippen MR) is 67.2 cm³/mol. The van der Waals surface area contributed by atoms with Crippen molar-refractivity contribution in [2.24, 2.45) is 0 Å². The van der Waals surface area contributed by atoms with Crippen molar-refractivity contribution in [3.63, 3.8) is 0 Å². The van der Waals surface area contributed by atoms with Crippen LogP contribution in [0.1, 0.15) is 5.56 Å². The van der Waals surface area contributed by atoms with Crippen molar-refractivity contribution in [3.05, 3.63) is 47.2 Å². The Kier molecular flexibility index (Phi) is 3.61. The Labute approximate surface area is 105 Å². The van der Waals surface area contributed by atoms with E-state index in [4.69, 9.17) is 16.3 Å². The number of benzene rings is 1. The van der Waals surface area contributed by atoms with Crippen molar-refractivity contribution in [2.45, 2.75) is 6.61 Å². The van der Waals surface area contributed by atoms with E-state index in [1.165, 1.54) is 0 Å². The quantitative estimate of drug-likeness (QED) is 0.851. The zero-order valence-corrected chi connectivity index (χ0v) is 10.1. The molecule has 1 N–H and O–H groups in total. The van der Waals surface area contributed by atoms with Crippen LogP contribution in [0.4, 0.5) is 0 Å². The van der Waals surface area contributed by atoms with Gasteiger partial charge in [-0.05, 0) is 41.5 Å². The van der Waals surface area contributed by atoms with E-state index in [-0.39, 0.29) is 6.61 Å². The molecule has 0 fully saturated rings. The van der Waals surface area contributed by atoms with Gasteiger partial charge in [0, 0.05) is 11.8 Å². The van der Waals surface area contributed by atoms with Gasteiger partial charge in [-0.1, -0.05) is 11.6 Å². The highest BCUT2D eigenvalue weighted by Gasteiger charge is 2.04. The molecule has 17 heavy (non-hydrogen) atoms. The number of nitrogens with zero attached hydrogens (tertiary/aromatic N) is 1. The summed E-state index contributed by atoms with van der Waals surface area (Å²) in [5.74, 6) is 0.710. The molecule has 0 spiro atoms. The third-order valence-corrected chi connectivity index (χ3v) is 2.67. The molecule has 0 aliphatic heterocycles. The lowest BCUT2D eigenvalue weighted by molar-refractivity contribution is 0.281. The number of aromatic nitrogens is 1. The average Bonchev–Trinajstić information content (AvgIpc) is 2.39. The van der Waals surface area contributed by atoms with Gasteiger partial charge < -0.3 is 9.84 Å². The Morgan fingerprint density at radius 1 is 1.24 bits per heavy atom. The van der Waals surface area contributed by atoms with Gasteiger partial charge in [-0.3, -0.25) is 0 Å². The van der Waals surface area contributed by atoms with E-state index in [9.17, 15) is 5.11 Å². The van der Waals surface area contributed by atoms with Crippen LogP contribution in [0, 0.1) is 0 Å². The molecule has 0 radical (unpaired) electrons. The maximum Gasteiger partial charge on any atom is 0.129 e. The van der Waals surface area contributed by atoms with Crippen LogP contribution in [-0.2, 0) is 6.61 Å². The van der Waals surface area contributed by atoms with Gasteiger partial charge in [0.25, 0.3) is 0 Å². The molecule has 88 valence electrons. The predicted octanol–water partition coefficient (Wildman–Crippen LogP) is 2.90. The normalized spacial score (nSPS) is 10.3. The van der Waals surface area contributed by atoms with Crippen LogP contribution in [0.2, 0.25) is 5.15 Å². The third kappa shape index (κ3) is 2.75. The number of aliphatic hydroxyl groups excluding tert-OH is 1. The number of methoxy groups -OCH3 is 1. The topological polar surface area (TPSA) is 42.4 Å². The molecule has 0 bridgehead atoms. The summed E-state index contributed by atoms with van der Waals surface area (Å²) in [6, 6.07) is 9.20. The van der Waals surface area contributed by atoms with E-state index in [1.807, 2.05) is 18.2 Å². The van der Waals surface area contributed by atoms with Gasteiger partial charge in [0.15, 0.2) is 0 Å². The van der Waals surface area contributed by atoms with Gasteiger partial charge in [-0.25, -0.2) is 4.98 Å². The Balaban J connectivity index is 2.46. The molecule has 0 amide bonds. The summed E-state index contributed by atoms with van der Waals surface area (Å²) in [5.41, 5.74) is 2.68. The van der Waals surface area contributed by atoms with Crippen LogP contribution in [0.25, 0.3) is 11.1 Å². The van der Waals surface area contributed by atoms with Crippen molar-refractivity contribution in [2.75, 3.05) is 7.11 Å². The summed E-state index contributed by atoms with van der Waals surface area (Å²) >= 11 is 5.74. The van der Waals surface area contributed by atoms with E-state index in [2.05, 4.69) is 4.98 Å². The first kappa shape index (κ1) is 11.9. The maximum atomic E-state index is 9.18. The summed E-state index contributed by atoms with van der Waals surface area (Å²) in [7, 11) is 1.60. The van der Waals surface area contributed by atoms with Crippen LogP contribution in [0.15, 0.2) is 36.5 Å². The van der Waals surface area contributed by atoms with Crippen molar-refractivity contribution < 1.29 is 9.84 Å². The Morgan fingerprint density at radius 2 is 2.06 bits per heavy atom. The van der Waals surface area contributed by atoms with Crippen LogP contribution in [0.5, 0.6) is 5.75 Å². The first-order chi connectivity index (χ1) is 8.22. The number of hydrogen-bond acceptors (Lipinski definition) is 3. The Morgan fingerprint density at radius 3 is 2.65 bits per heavy atom. The zero-order chi connectivity index (χ0) is 12.3. The van der Waals surface area contributed by atoms with Crippen LogP contribution < -0.4 is 4.74 Å². The molecule has 2 rings (SSSR count). The average molecular weight is 250 g/mol. The smallest absolute Gasteiger partial charge is 0.129 e. The molecule has 0 unspecified atom stereocenters. The second-order valence-corrected chi connectivity index (χ2v) is 3.98.